The van der Waals surface area contributed by atoms with Crippen LogP contribution in [0.1, 0.15) is 13.3 Å². The molecular weight excluding hydrogens is 340 g/mol. The predicted molar refractivity (Wildman–Crippen MR) is 89.5 cm³/mol. The van der Waals surface area contributed by atoms with Crippen molar-refractivity contribution < 1.29 is 19.1 Å². The van der Waals surface area contributed by atoms with Gasteiger partial charge in [-0.25, -0.2) is 4.79 Å². The normalized spacial score (nSPS) is 20.5. The number of hydrogen-bond acceptors (Lipinski definition) is 5. The average molecular weight is 357 g/mol. The molecule has 0 radical (unpaired) electrons. The highest BCUT2D eigenvalue weighted by atomic mass is 35.5. The molecule has 6 nitrogen and oxygen atoms in total. The summed E-state index contributed by atoms with van der Waals surface area (Å²) in [5.74, 6) is -0.652. The van der Waals surface area contributed by atoms with E-state index in [0.29, 0.717) is 16.5 Å². The molecular formula is C15H17ClN2O4S. The van der Waals surface area contributed by atoms with Crippen LogP contribution in [0.5, 0.6) is 0 Å². The van der Waals surface area contributed by atoms with Crippen LogP contribution in [-0.4, -0.2) is 41.4 Å². The first-order chi connectivity index (χ1) is 11.0. The number of halogens is 1. The van der Waals surface area contributed by atoms with E-state index in [4.69, 9.17) is 16.3 Å². The van der Waals surface area contributed by atoms with Crippen molar-refractivity contribution in [1.82, 2.24) is 5.32 Å². The maximum Gasteiger partial charge on any atom is 0.329 e. The summed E-state index contributed by atoms with van der Waals surface area (Å²) >= 11 is 7.06. The number of carbonyl (C=O) groups is 3. The minimum Gasteiger partial charge on any atom is -0.464 e. The van der Waals surface area contributed by atoms with Crippen molar-refractivity contribution in [3.8, 4) is 0 Å². The Labute approximate surface area is 143 Å². The monoisotopic (exact) mass is 356 g/mol. The van der Waals surface area contributed by atoms with Gasteiger partial charge in [-0.15, -0.1) is 11.8 Å². The van der Waals surface area contributed by atoms with Crippen molar-refractivity contribution >= 4 is 46.8 Å². The van der Waals surface area contributed by atoms with Crippen LogP contribution in [0.25, 0.3) is 0 Å². The molecule has 1 aliphatic rings. The van der Waals surface area contributed by atoms with Crippen LogP contribution < -0.4 is 10.6 Å². The summed E-state index contributed by atoms with van der Waals surface area (Å²) in [6, 6.07) is 6.06. The minimum atomic E-state index is -0.650. The highest BCUT2D eigenvalue weighted by Crippen LogP contribution is 2.22. The molecule has 0 aromatic heterocycles. The first-order valence-electron chi connectivity index (χ1n) is 7.13. The minimum absolute atomic E-state index is 0.0364. The van der Waals surface area contributed by atoms with Crippen molar-refractivity contribution in [1.29, 1.82) is 0 Å². The van der Waals surface area contributed by atoms with Gasteiger partial charge >= 0.3 is 5.97 Å². The summed E-state index contributed by atoms with van der Waals surface area (Å²) in [4.78, 5) is 35.6. The molecule has 1 aliphatic heterocycles. The number of nitrogens with one attached hydrogen (secondary N) is 2. The lowest BCUT2D eigenvalue weighted by Crippen LogP contribution is -2.51. The van der Waals surface area contributed by atoms with E-state index < -0.39 is 17.3 Å². The van der Waals surface area contributed by atoms with Crippen molar-refractivity contribution in [3.05, 3.63) is 29.3 Å². The fraction of sp³-hybridized carbons (Fsp3) is 0.400. The lowest BCUT2D eigenvalue weighted by atomic mass is 10.2. The molecule has 0 spiro atoms. The lowest BCUT2D eigenvalue weighted by molar-refractivity contribution is -0.146. The third-order valence-electron chi connectivity index (χ3n) is 3.14. The van der Waals surface area contributed by atoms with E-state index in [-0.39, 0.29) is 24.8 Å². The number of anilines is 1. The predicted octanol–water partition coefficient (Wildman–Crippen LogP) is 1.83. The number of esters is 1. The van der Waals surface area contributed by atoms with Crippen LogP contribution in [0.15, 0.2) is 24.3 Å². The molecule has 0 saturated carbocycles. The topological polar surface area (TPSA) is 84.5 Å². The van der Waals surface area contributed by atoms with E-state index >= 15 is 0 Å². The van der Waals surface area contributed by atoms with Gasteiger partial charge in [0.25, 0.3) is 0 Å². The van der Waals surface area contributed by atoms with Gasteiger partial charge in [-0.3, -0.25) is 9.59 Å². The largest absolute Gasteiger partial charge is 0.464 e. The number of benzene rings is 1. The number of carbonyl (C=O) groups excluding carboxylic acids is 3. The van der Waals surface area contributed by atoms with Gasteiger partial charge < -0.3 is 15.4 Å². The zero-order valence-electron chi connectivity index (χ0n) is 12.5. The molecule has 1 aromatic rings. The van der Waals surface area contributed by atoms with E-state index in [1.54, 1.807) is 31.2 Å². The molecule has 8 heteroatoms. The Kier molecular flexibility index (Phi) is 6.29. The molecule has 0 aliphatic carbocycles. The van der Waals surface area contributed by atoms with Gasteiger partial charge in [-0.1, -0.05) is 11.6 Å². The highest BCUT2D eigenvalue weighted by Gasteiger charge is 2.34. The molecule has 1 fully saturated rings. The number of hydrogen-bond donors (Lipinski definition) is 2. The van der Waals surface area contributed by atoms with Gasteiger partial charge in [0.15, 0.2) is 0 Å². The van der Waals surface area contributed by atoms with E-state index in [0.717, 1.165) is 0 Å². The molecule has 124 valence electrons. The Morgan fingerprint density at radius 2 is 2.09 bits per heavy atom. The summed E-state index contributed by atoms with van der Waals surface area (Å²) < 4.78 is 4.88. The van der Waals surface area contributed by atoms with E-state index in [2.05, 4.69) is 10.6 Å². The number of ether oxygens (including phenoxy) is 1. The van der Waals surface area contributed by atoms with Crippen LogP contribution in [0.3, 0.4) is 0 Å². The summed E-state index contributed by atoms with van der Waals surface area (Å²) in [6.07, 6.45) is 0.0364. The summed E-state index contributed by atoms with van der Waals surface area (Å²) in [5, 5.41) is 5.36. The molecule has 23 heavy (non-hydrogen) atoms. The van der Waals surface area contributed by atoms with E-state index in [9.17, 15) is 14.4 Å². The van der Waals surface area contributed by atoms with Crippen molar-refractivity contribution in [3.63, 3.8) is 0 Å². The first kappa shape index (κ1) is 17.6. The fourth-order valence-corrected chi connectivity index (χ4v) is 3.29. The van der Waals surface area contributed by atoms with Gasteiger partial charge in [0, 0.05) is 22.9 Å². The van der Waals surface area contributed by atoms with Gasteiger partial charge in [0.05, 0.1) is 11.9 Å². The number of amides is 2. The van der Waals surface area contributed by atoms with Crippen LogP contribution in [0.2, 0.25) is 5.02 Å². The van der Waals surface area contributed by atoms with Crippen LogP contribution in [-0.2, 0) is 19.1 Å². The Bertz CT molecular complexity index is 594. The second kappa shape index (κ2) is 8.21. The second-order valence-corrected chi connectivity index (χ2v) is 6.57. The zero-order valence-corrected chi connectivity index (χ0v) is 14.1. The average Bonchev–Trinajstić information content (AvgIpc) is 2.52. The highest BCUT2D eigenvalue weighted by molar-refractivity contribution is 8.00. The molecule has 1 saturated heterocycles. The van der Waals surface area contributed by atoms with Crippen molar-refractivity contribution in [2.24, 2.45) is 0 Å². The van der Waals surface area contributed by atoms with E-state index in [1.807, 2.05) is 0 Å². The Balaban J connectivity index is 1.84. The molecule has 1 aromatic carbocycles. The summed E-state index contributed by atoms with van der Waals surface area (Å²) in [6.45, 7) is 1.97. The van der Waals surface area contributed by atoms with E-state index in [1.165, 1.54) is 11.8 Å². The van der Waals surface area contributed by atoms with Crippen LogP contribution in [0.4, 0.5) is 5.69 Å². The molecule has 2 atom stereocenters. The maximum atomic E-state index is 12.0. The fourth-order valence-electron chi connectivity index (χ4n) is 2.03. The summed E-state index contributed by atoms with van der Waals surface area (Å²) in [7, 11) is 0. The molecule has 0 unspecified atom stereocenters. The third kappa shape index (κ3) is 5.14. The SMILES string of the molecule is CCOC(=O)[C@H]1CS[C@H](CC(=O)Nc2ccc(Cl)cc2)C(=O)N1. The molecule has 2 amide bonds. The van der Waals surface area contributed by atoms with Gasteiger partial charge in [0.1, 0.15) is 6.04 Å². The van der Waals surface area contributed by atoms with Crippen LogP contribution in [0, 0.1) is 0 Å². The van der Waals surface area contributed by atoms with Crippen LogP contribution >= 0.6 is 23.4 Å². The van der Waals surface area contributed by atoms with Gasteiger partial charge in [-0.05, 0) is 31.2 Å². The summed E-state index contributed by atoms with van der Waals surface area (Å²) in [5.41, 5.74) is 0.616. The third-order valence-corrected chi connectivity index (χ3v) is 4.70. The quantitative estimate of drug-likeness (QED) is 0.786. The molecule has 1 heterocycles. The number of thioether (sulfide) groups is 1. The Morgan fingerprint density at radius 1 is 1.39 bits per heavy atom. The molecule has 2 N–H and O–H groups in total. The van der Waals surface area contributed by atoms with Gasteiger partial charge in [0.2, 0.25) is 11.8 Å². The Morgan fingerprint density at radius 3 is 2.70 bits per heavy atom. The molecule has 0 bridgehead atoms. The second-order valence-electron chi connectivity index (χ2n) is 4.89. The molecule has 2 rings (SSSR count). The van der Waals surface area contributed by atoms with Crippen molar-refractivity contribution in [2.45, 2.75) is 24.6 Å². The number of rotatable bonds is 5. The smallest absolute Gasteiger partial charge is 0.329 e. The van der Waals surface area contributed by atoms with Gasteiger partial charge in [-0.2, -0.15) is 0 Å². The first-order valence-corrected chi connectivity index (χ1v) is 8.56. The maximum absolute atomic E-state index is 12.0. The standard InChI is InChI=1S/C15H17ClN2O4S/c1-2-22-15(21)11-8-23-12(14(20)18-11)7-13(19)17-10-5-3-9(16)4-6-10/h3-6,11-12H,2,7-8H2,1H3,(H,17,19)(H,18,20)/t11-,12-/m1/s1. The zero-order chi connectivity index (χ0) is 16.8. The van der Waals surface area contributed by atoms with Crippen molar-refractivity contribution in [2.75, 3.05) is 17.7 Å². The lowest BCUT2D eigenvalue weighted by Gasteiger charge is -2.27. The Hall–Kier alpha value is -1.73.